The third kappa shape index (κ3) is 3.78. The summed E-state index contributed by atoms with van der Waals surface area (Å²) in [6.45, 7) is 2.49. The molecule has 1 aromatic rings. The Balaban J connectivity index is 2.70. The molecule has 7 heteroatoms. The van der Waals surface area contributed by atoms with Crippen LogP contribution in [0, 0.1) is 5.92 Å². The SMILES string of the molecule is COCC(C)CC(=O)Nc1c(C(N)=S)cnn1C. The number of carbonyl (C=O) groups is 1. The largest absolute Gasteiger partial charge is 0.389 e. The number of amides is 1. The number of aryl methyl sites for hydroxylation is 1. The van der Waals surface area contributed by atoms with E-state index in [0.717, 1.165) is 0 Å². The molecule has 0 aliphatic heterocycles. The van der Waals surface area contributed by atoms with Crippen LogP contribution in [0.2, 0.25) is 0 Å². The number of methoxy groups -OCH3 is 1. The lowest BCUT2D eigenvalue weighted by atomic mass is 10.1. The van der Waals surface area contributed by atoms with Crippen LogP contribution in [0.25, 0.3) is 0 Å². The van der Waals surface area contributed by atoms with Gasteiger partial charge in [0.2, 0.25) is 5.91 Å². The first-order valence-corrected chi connectivity index (χ1v) is 5.97. The van der Waals surface area contributed by atoms with E-state index in [1.807, 2.05) is 6.92 Å². The average Bonchev–Trinajstić information content (AvgIpc) is 2.60. The third-order valence-electron chi connectivity index (χ3n) is 2.45. The lowest BCUT2D eigenvalue weighted by Gasteiger charge is -2.11. The van der Waals surface area contributed by atoms with Crippen molar-refractivity contribution in [2.45, 2.75) is 13.3 Å². The fraction of sp³-hybridized carbons (Fsp3) is 0.545. The maximum Gasteiger partial charge on any atom is 0.225 e. The molecule has 1 heterocycles. The van der Waals surface area contributed by atoms with Crippen LogP contribution in [-0.2, 0) is 16.6 Å². The molecule has 6 nitrogen and oxygen atoms in total. The highest BCUT2D eigenvalue weighted by atomic mass is 32.1. The van der Waals surface area contributed by atoms with Crippen molar-refractivity contribution in [3.63, 3.8) is 0 Å². The number of nitrogens with zero attached hydrogens (tertiary/aromatic N) is 2. The van der Waals surface area contributed by atoms with Gasteiger partial charge in [-0.2, -0.15) is 5.10 Å². The highest BCUT2D eigenvalue weighted by Crippen LogP contribution is 2.15. The molecule has 1 amide bonds. The minimum Gasteiger partial charge on any atom is -0.389 e. The molecule has 18 heavy (non-hydrogen) atoms. The quantitative estimate of drug-likeness (QED) is 0.742. The summed E-state index contributed by atoms with van der Waals surface area (Å²) in [4.78, 5) is 12.0. The van der Waals surface area contributed by atoms with Gasteiger partial charge in [0, 0.05) is 27.2 Å². The molecule has 3 N–H and O–H groups in total. The second-order valence-electron chi connectivity index (χ2n) is 4.21. The fourth-order valence-electron chi connectivity index (χ4n) is 1.61. The summed E-state index contributed by atoms with van der Waals surface area (Å²) in [5.41, 5.74) is 6.13. The zero-order valence-electron chi connectivity index (χ0n) is 10.8. The van der Waals surface area contributed by atoms with Crippen LogP contribution < -0.4 is 11.1 Å². The van der Waals surface area contributed by atoms with Crippen molar-refractivity contribution in [2.75, 3.05) is 19.0 Å². The smallest absolute Gasteiger partial charge is 0.225 e. The second-order valence-corrected chi connectivity index (χ2v) is 4.65. The molecular formula is C11H18N4O2S. The van der Waals surface area contributed by atoms with Crippen molar-refractivity contribution in [3.8, 4) is 0 Å². The van der Waals surface area contributed by atoms with E-state index >= 15 is 0 Å². The van der Waals surface area contributed by atoms with Crippen molar-refractivity contribution in [2.24, 2.45) is 18.7 Å². The van der Waals surface area contributed by atoms with Crippen LogP contribution in [0.5, 0.6) is 0 Å². The standard InChI is InChI=1S/C11H18N4O2S/c1-7(6-17-3)4-9(16)14-11-8(10(12)18)5-13-15(11)2/h5,7H,4,6H2,1-3H3,(H2,12,18)(H,14,16). The summed E-state index contributed by atoms with van der Waals surface area (Å²) in [6, 6.07) is 0. The van der Waals surface area contributed by atoms with Crippen molar-refractivity contribution < 1.29 is 9.53 Å². The molecule has 1 unspecified atom stereocenters. The van der Waals surface area contributed by atoms with Crippen molar-refractivity contribution in [3.05, 3.63) is 11.8 Å². The molecule has 0 aliphatic rings. The Morgan fingerprint density at radius 3 is 2.94 bits per heavy atom. The van der Waals surface area contributed by atoms with E-state index in [0.29, 0.717) is 24.4 Å². The Morgan fingerprint density at radius 2 is 2.39 bits per heavy atom. The van der Waals surface area contributed by atoms with Gasteiger partial charge in [-0.25, -0.2) is 0 Å². The molecule has 0 saturated carbocycles. The predicted molar refractivity (Wildman–Crippen MR) is 73.4 cm³/mol. The number of carbonyl (C=O) groups excluding carboxylic acids is 1. The van der Waals surface area contributed by atoms with Crippen LogP contribution in [0.4, 0.5) is 5.82 Å². The van der Waals surface area contributed by atoms with E-state index in [1.54, 1.807) is 14.2 Å². The zero-order chi connectivity index (χ0) is 13.7. The normalized spacial score (nSPS) is 12.2. The van der Waals surface area contributed by atoms with Gasteiger partial charge < -0.3 is 15.8 Å². The molecular weight excluding hydrogens is 252 g/mol. The maximum atomic E-state index is 11.8. The molecule has 0 radical (unpaired) electrons. The molecule has 1 atom stereocenters. The number of aromatic nitrogens is 2. The lowest BCUT2D eigenvalue weighted by Crippen LogP contribution is -2.21. The van der Waals surface area contributed by atoms with Crippen LogP contribution in [0.15, 0.2) is 6.20 Å². The maximum absolute atomic E-state index is 11.8. The lowest BCUT2D eigenvalue weighted by molar-refractivity contribution is -0.117. The molecule has 100 valence electrons. The van der Waals surface area contributed by atoms with E-state index in [2.05, 4.69) is 10.4 Å². The summed E-state index contributed by atoms with van der Waals surface area (Å²) < 4.78 is 6.52. The minimum atomic E-state index is -0.111. The highest BCUT2D eigenvalue weighted by Gasteiger charge is 2.15. The van der Waals surface area contributed by atoms with Crippen LogP contribution >= 0.6 is 12.2 Å². The van der Waals surface area contributed by atoms with Gasteiger partial charge in [0.15, 0.2) is 0 Å². The van der Waals surface area contributed by atoms with Gasteiger partial charge in [-0.3, -0.25) is 9.48 Å². The second kappa shape index (κ2) is 6.46. The van der Waals surface area contributed by atoms with Crippen LogP contribution in [0.3, 0.4) is 0 Å². The summed E-state index contributed by atoms with van der Waals surface area (Å²) >= 11 is 4.90. The average molecular weight is 270 g/mol. The third-order valence-corrected chi connectivity index (χ3v) is 2.67. The number of thiocarbonyl (C=S) groups is 1. The van der Waals surface area contributed by atoms with E-state index in [4.69, 9.17) is 22.7 Å². The minimum absolute atomic E-state index is 0.111. The van der Waals surface area contributed by atoms with Gasteiger partial charge in [-0.1, -0.05) is 19.1 Å². The van der Waals surface area contributed by atoms with Gasteiger partial charge in [0.1, 0.15) is 10.8 Å². The summed E-state index contributed by atoms with van der Waals surface area (Å²) in [7, 11) is 3.33. The zero-order valence-corrected chi connectivity index (χ0v) is 11.6. The summed E-state index contributed by atoms with van der Waals surface area (Å²) in [5.74, 6) is 0.564. The van der Waals surface area contributed by atoms with Crippen molar-refractivity contribution in [1.29, 1.82) is 0 Å². The van der Waals surface area contributed by atoms with Gasteiger partial charge in [0.05, 0.1) is 11.8 Å². The topological polar surface area (TPSA) is 82.2 Å². The molecule has 0 fully saturated rings. The highest BCUT2D eigenvalue weighted by molar-refractivity contribution is 7.80. The van der Waals surface area contributed by atoms with Crippen molar-refractivity contribution >= 4 is 28.9 Å². The molecule has 0 bridgehead atoms. The first kappa shape index (κ1) is 14.6. The Hall–Kier alpha value is -1.47. The molecule has 0 saturated heterocycles. The Kier molecular flexibility index (Phi) is 5.24. The predicted octanol–water partition coefficient (Wildman–Crippen LogP) is 0.665. The number of rotatable bonds is 6. The first-order valence-electron chi connectivity index (χ1n) is 5.56. The summed E-state index contributed by atoms with van der Waals surface area (Å²) in [5, 5.41) is 6.78. The number of hydrogen-bond acceptors (Lipinski definition) is 4. The summed E-state index contributed by atoms with van der Waals surface area (Å²) in [6.07, 6.45) is 1.91. The monoisotopic (exact) mass is 270 g/mol. The number of nitrogens with one attached hydrogen (secondary N) is 1. The van der Waals surface area contributed by atoms with Crippen molar-refractivity contribution in [1.82, 2.24) is 9.78 Å². The Labute approximate surface area is 111 Å². The van der Waals surface area contributed by atoms with Crippen LogP contribution in [0.1, 0.15) is 18.9 Å². The van der Waals surface area contributed by atoms with E-state index in [1.165, 1.54) is 10.9 Å². The van der Waals surface area contributed by atoms with E-state index in [9.17, 15) is 4.79 Å². The van der Waals surface area contributed by atoms with Gasteiger partial charge in [0.25, 0.3) is 0 Å². The van der Waals surface area contributed by atoms with Gasteiger partial charge in [-0.05, 0) is 5.92 Å². The van der Waals surface area contributed by atoms with E-state index in [-0.39, 0.29) is 16.8 Å². The molecule has 1 aromatic heterocycles. The number of nitrogens with two attached hydrogens (primary N) is 1. The van der Waals surface area contributed by atoms with Gasteiger partial charge in [-0.15, -0.1) is 0 Å². The first-order chi connectivity index (χ1) is 8.45. The number of ether oxygens (including phenoxy) is 1. The van der Waals surface area contributed by atoms with E-state index < -0.39 is 0 Å². The number of hydrogen-bond donors (Lipinski definition) is 2. The van der Waals surface area contributed by atoms with Gasteiger partial charge >= 0.3 is 0 Å². The fourth-order valence-corrected chi connectivity index (χ4v) is 1.76. The molecule has 0 aromatic carbocycles. The number of anilines is 1. The Morgan fingerprint density at radius 1 is 1.72 bits per heavy atom. The Bertz CT molecular complexity index is 444. The molecule has 1 rings (SSSR count). The van der Waals surface area contributed by atoms with Crippen LogP contribution in [-0.4, -0.2) is 34.4 Å². The molecule has 0 spiro atoms. The molecule has 0 aliphatic carbocycles.